The van der Waals surface area contributed by atoms with Gasteiger partial charge in [-0.25, -0.2) is 0 Å². The van der Waals surface area contributed by atoms with Crippen molar-refractivity contribution < 1.29 is 4.79 Å². The lowest BCUT2D eigenvalue weighted by Crippen LogP contribution is -2.32. The molecule has 2 atom stereocenters. The lowest BCUT2D eigenvalue weighted by Gasteiger charge is -2.15. The van der Waals surface area contributed by atoms with E-state index < -0.39 is 0 Å². The minimum atomic E-state index is -0.216. The van der Waals surface area contributed by atoms with Crippen molar-refractivity contribution in [3.8, 4) is 0 Å². The van der Waals surface area contributed by atoms with E-state index in [1.807, 2.05) is 30.3 Å². The molecule has 0 aliphatic carbocycles. The van der Waals surface area contributed by atoms with Crippen LogP contribution in [0.4, 0.5) is 0 Å². The topological polar surface area (TPSA) is 58.4 Å². The highest BCUT2D eigenvalue weighted by Gasteiger charge is 2.21. The molecular formula is C16H27Cl2N3O. The predicted octanol–water partition coefficient (Wildman–Crippen LogP) is 2.38. The van der Waals surface area contributed by atoms with Crippen LogP contribution in [-0.4, -0.2) is 37.0 Å². The van der Waals surface area contributed by atoms with Crippen molar-refractivity contribution >= 4 is 30.7 Å². The Labute approximate surface area is 145 Å². The third-order valence-corrected chi connectivity index (χ3v) is 4.04. The number of carbonyl (C=O) groups excluding carboxylic acids is 1. The van der Waals surface area contributed by atoms with Gasteiger partial charge in [0.2, 0.25) is 5.91 Å². The van der Waals surface area contributed by atoms with E-state index in [9.17, 15) is 4.79 Å². The first-order valence-corrected chi connectivity index (χ1v) is 7.48. The van der Waals surface area contributed by atoms with Crippen LogP contribution in [0.15, 0.2) is 30.3 Å². The molecule has 2 unspecified atom stereocenters. The Balaban J connectivity index is 0.00000220. The molecule has 1 amide bonds. The Bertz CT molecular complexity index is 431. The lowest BCUT2D eigenvalue weighted by atomic mass is 10.0. The zero-order valence-electron chi connectivity index (χ0n) is 13.0. The first kappa shape index (κ1) is 21.2. The van der Waals surface area contributed by atoms with Crippen LogP contribution in [0.2, 0.25) is 0 Å². The van der Waals surface area contributed by atoms with Crippen molar-refractivity contribution in [1.29, 1.82) is 0 Å². The number of halogens is 2. The highest BCUT2D eigenvalue weighted by Crippen LogP contribution is 2.16. The van der Waals surface area contributed by atoms with E-state index in [4.69, 9.17) is 5.73 Å². The average molecular weight is 348 g/mol. The molecule has 0 bridgehead atoms. The molecule has 1 saturated heterocycles. The van der Waals surface area contributed by atoms with Gasteiger partial charge in [0.15, 0.2) is 0 Å². The van der Waals surface area contributed by atoms with Crippen LogP contribution in [0, 0.1) is 5.92 Å². The van der Waals surface area contributed by atoms with E-state index in [0.717, 1.165) is 31.7 Å². The number of likely N-dealkylation sites (tertiary alicyclic amines) is 1. The molecule has 1 aliphatic heterocycles. The van der Waals surface area contributed by atoms with Crippen LogP contribution < -0.4 is 11.1 Å². The third-order valence-electron chi connectivity index (χ3n) is 4.04. The molecule has 126 valence electrons. The van der Waals surface area contributed by atoms with Crippen LogP contribution in [0.5, 0.6) is 0 Å². The molecule has 1 aliphatic rings. The van der Waals surface area contributed by atoms with Gasteiger partial charge in [-0.2, -0.15) is 0 Å². The number of benzene rings is 1. The van der Waals surface area contributed by atoms with Crippen molar-refractivity contribution in [2.75, 3.05) is 26.2 Å². The second-order valence-corrected chi connectivity index (χ2v) is 5.57. The number of hydrogen-bond acceptors (Lipinski definition) is 3. The molecule has 0 aromatic heterocycles. The molecule has 1 heterocycles. The van der Waals surface area contributed by atoms with Crippen molar-refractivity contribution in [3.05, 3.63) is 35.9 Å². The predicted molar refractivity (Wildman–Crippen MR) is 95.7 cm³/mol. The van der Waals surface area contributed by atoms with Gasteiger partial charge >= 0.3 is 0 Å². The second-order valence-electron chi connectivity index (χ2n) is 5.57. The second kappa shape index (κ2) is 10.8. The number of nitrogens with zero attached hydrogens (tertiary/aromatic N) is 1. The number of nitrogens with two attached hydrogens (primary N) is 1. The van der Waals surface area contributed by atoms with Gasteiger partial charge in [0, 0.05) is 25.6 Å². The summed E-state index contributed by atoms with van der Waals surface area (Å²) in [6, 6.07) is 9.57. The van der Waals surface area contributed by atoms with Crippen LogP contribution in [0.3, 0.4) is 0 Å². The summed E-state index contributed by atoms with van der Waals surface area (Å²) in [4.78, 5) is 14.4. The standard InChI is InChI=1S/C16H25N3O.2ClH/c1-2-19-9-8-13(12-19)11-18-16(20)10-15(17)14-6-4-3-5-7-14;;/h3-7,13,15H,2,8-12,17H2,1H3,(H,18,20);2*1H. The fraction of sp³-hybridized carbons (Fsp3) is 0.562. The molecule has 0 saturated carbocycles. The number of rotatable bonds is 6. The van der Waals surface area contributed by atoms with E-state index in [0.29, 0.717) is 12.3 Å². The highest BCUT2D eigenvalue weighted by atomic mass is 35.5. The average Bonchev–Trinajstić information content (AvgIpc) is 2.94. The van der Waals surface area contributed by atoms with E-state index in [2.05, 4.69) is 17.1 Å². The molecule has 4 nitrogen and oxygen atoms in total. The van der Waals surface area contributed by atoms with Crippen molar-refractivity contribution in [1.82, 2.24) is 10.2 Å². The van der Waals surface area contributed by atoms with Gasteiger partial charge in [0.25, 0.3) is 0 Å². The van der Waals surface area contributed by atoms with Crippen LogP contribution in [-0.2, 0) is 4.79 Å². The van der Waals surface area contributed by atoms with Crippen molar-refractivity contribution in [2.45, 2.75) is 25.8 Å². The summed E-state index contributed by atoms with van der Waals surface area (Å²) in [6.07, 6.45) is 1.53. The van der Waals surface area contributed by atoms with E-state index >= 15 is 0 Å². The van der Waals surface area contributed by atoms with Gasteiger partial charge < -0.3 is 16.0 Å². The highest BCUT2D eigenvalue weighted by molar-refractivity contribution is 5.85. The molecule has 1 aromatic rings. The quantitative estimate of drug-likeness (QED) is 0.830. The fourth-order valence-electron chi connectivity index (χ4n) is 2.71. The lowest BCUT2D eigenvalue weighted by molar-refractivity contribution is -0.121. The van der Waals surface area contributed by atoms with Gasteiger partial charge in [-0.1, -0.05) is 37.3 Å². The fourth-order valence-corrected chi connectivity index (χ4v) is 2.71. The first-order valence-electron chi connectivity index (χ1n) is 7.48. The summed E-state index contributed by atoms with van der Waals surface area (Å²) in [5.74, 6) is 0.642. The Morgan fingerprint density at radius 1 is 1.36 bits per heavy atom. The van der Waals surface area contributed by atoms with E-state index in [-0.39, 0.29) is 36.8 Å². The first-order chi connectivity index (χ1) is 9.69. The molecule has 0 spiro atoms. The maximum Gasteiger partial charge on any atom is 0.221 e. The SMILES string of the molecule is CCN1CCC(CNC(=O)CC(N)c2ccccc2)C1.Cl.Cl. The van der Waals surface area contributed by atoms with Crippen LogP contribution >= 0.6 is 24.8 Å². The molecule has 2 rings (SSSR count). The van der Waals surface area contributed by atoms with Crippen molar-refractivity contribution in [3.63, 3.8) is 0 Å². The monoisotopic (exact) mass is 347 g/mol. The van der Waals surface area contributed by atoms with Gasteiger partial charge in [-0.15, -0.1) is 24.8 Å². The molecule has 1 aromatic carbocycles. The summed E-state index contributed by atoms with van der Waals surface area (Å²) in [5, 5.41) is 3.02. The summed E-state index contributed by atoms with van der Waals surface area (Å²) < 4.78 is 0. The number of amides is 1. The van der Waals surface area contributed by atoms with E-state index in [1.54, 1.807) is 0 Å². The molecule has 1 fully saturated rings. The summed E-state index contributed by atoms with van der Waals surface area (Å²) >= 11 is 0. The minimum Gasteiger partial charge on any atom is -0.356 e. The van der Waals surface area contributed by atoms with Gasteiger partial charge in [0.05, 0.1) is 0 Å². The zero-order valence-corrected chi connectivity index (χ0v) is 14.7. The summed E-state index contributed by atoms with van der Waals surface area (Å²) in [5.41, 5.74) is 7.07. The minimum absolute atomic E-state index is 0. The zero-order chi connectivity index (χ0) is 14.4. The Kier molecular flexibility index (Phi) is 10.4. The molecule has 0 radical (unpaired) electrons. The normalized spacial score (nSPS) is 18.9. The maximum absolute atomic E-state index is 11.9. The number of nitrogens with one attached hydrogen (secondary N) is 1. The van der Waals surface area contributed by atoms with Crippen molar-refractivity contribution in [2.24, 2.45) is 11.7 Å². The van der Waals surface area contributed by atoms with Gasteiger partial charge in [-0.05, 0) is 31.0 Å². The third kappa shape index (κ3) is 6.53. The smallest absolute Gasteiger partial charge is 0.221 e. The van der Waals surface area contributed by atoms with E-state index in [1.165, 1.54) is 6.42 Å². The Morgan fingerprint density at radius 2 is 2.05 bits per heavy atom. The van der Waals surface area contributed by atoms with Gasteiger partial charge in [0.1, 0.15) is 0 Å². The largest absolute Gasteiger partial charge is 0.356 e. The summed E-state index contributed by atoms with van der Waals surface area (Å²) in [6.45, 7) is 6.31. The van der Waals surface area contributed by atoms with Gasteiger partial charge in [-0.3, -0.25) is 4.79 Å². The molecule has 6 heteroatoms. The van der Waals surface area contributed by atoms with Crippen LogP contribution in [0.25, 0.3) is 0 Å². The van der Waals surface area contributed by atoms with Crippen LogP contribution in [0.1, 0.15) is 31.4 Å². The number of carbonyl (C=O) groups is 1. The summed E-state index contributed by atoms with van der Waals surface area (Å²) in [7, 11) is 0. The Morgan fingerprint density at radius 3 is 2.64 bits per heavy atom. The maximum atomic E-state index is 11.9. The Hall–Kier alpha value is -0.810. The molecule has 22 heavy (non-hydrogen) atoms. The molecular weight excluding hydrogens is 321 g/mol. The number of hydrogen-bond donors (Lipinski definition) is 2. The molecule has 3 N–H and O–H groups in total.